The van der Waals surface area contributed by atoms with Gasteiger partial charge in [0.05, 0.1) is 0 Å². The van der Waals surface area contributed by atoms with Gasteiger partial charge >= 0.3 is 12.1 Å². The third-order valence-electron chi connectivity index (χ3n) is 3.25. The van der Waals surface area contributed by atoms with Gasteiger partial charge in [0.1, 0.15) is 10.7 Å². The zero-order valence-corrected chi connectivity index (χ0v) is 15.4. The third-order valence-corrected chi connectivity index (χ3v) is 5.14. The molecule has 3 rings (SSSR count). The Morgan fingerprint density at radius 1 is 1.07 bits per heavy atom. The van der Waals surface area contributed by atoms with Gasteiger partial charge in [0.25, 0.3) is 10.0 Å². The van der Waals surface area contributed by atoms with Crippen molar-refractivity contribution in [2.75, 3.05) is 4.72 Å². The highest BCUT2D eigenvalue weighted by Gasteiger charge is 2.38. The second kappa shape index (κ2) is 6.93. The number of hydrogen-bond acceptors (Lipinski definition) is 5. The molecule has 0 bridgehead atoms. The number of benzene rings is 2. The van der Waals surface area contributed by atoms with E-state index in [1.807, 2.05) is 0 Å². The smallest absolute Gasteiger partial charge is 0.329 e. The Kier molecular flexibility index (Phi) is 4.95. The van der Waals surface area contributed by atoms with E-state index in [2.05, 4.69) is 35.3 Å². The van der Waals surface area contributed by atoms with Crippen molar-refractivity contribution in [2.45, 2.75) is 11.1 Å². The average Bonchev–Trinajstić information content (AvgIpc) is 3.08. The van der Waals surface area contributed by atoms with Crippen molar-refractivity contribution in [2.24, 2.45) is 0 Å². The summed E-state index contributed by atoms with van der Waals surface area (Å²) < 4.78 is 82.5. The summed E-state index contributed by atoms with van der Waals surface area (Å²) in [6.07, 6.45) is -4.77. The van der Waals surface area contributed by atoms with E-state index < -0.39 is 32.8 Å². The molecule has 1 aromatic heterocycles. The lowest BCUT2D eigenvalue weighted by Crippen LogP contribution is -2.14. The molecule has 0 radical (unpaired) electrons. The average molecular weight is 466 g/mol. The Labute approximate surface area is 158 Å². The van der Waals surface area contributed by atoms with E-state index in [4.69, 9.17) is 0 Å². The van der Waals surface area contributed by atoms with Crippen molar-refractivity contribution in [3.8, 4) is 11.4 Å². The number of halogens is 5. The van der Waals surface area contributed by atoms with Gasteiger partial charge in [-0.05, 0) is 42.5 Å². The van der Waals surface area contributed by atoms with Crippen LogP contribution in [0.5, 0.6) is 0 Å². The highest BCUT2D eigenvalue weighted by atomic mass is 79.9. The number of anilines is 1. The molecule has 2 aromatic carbocycles. The summed E-state index contributed by atoms with van der Waals surface area (Å²) >= 11 is 3.06. The van der Waals surface area contributed by atoms with E-state index >= 15 is 0 Å². The lowest BCUT2D eigenvalue weighted by Gasteiger charge is -2.09. The fourth-order valence-corrected chi connectivity index (χ4v) is 3.71. The van der Waals surface area contributed by atoms with Gasteiger partial charge in [0.2, 0.25) is 5.82 Å². The van der Waals surface area contributed by atoms with E-state index in [9.17, 15) is 26.0 Å². The summed E-state index contributed by atoms with van der Waals surface area (Å²) in [4.78, 5) is 2.67. The molecule has 1 N–H and O–H groups in total. The minimum Gasteiger partial charge on any atom is -0.329 e. The van der Waals surface area contributed by atoms with Crippen molar-refractivity contribution in [3.05, 3.63) is 58.6 Å². The second-order valence-corrected chi connectivity index (χ2v) is 7.74. The zero-order valence-electron chi connectivity index (χ0n) is 13.0. The van der Waals surface area contributed by atoms with Crippen LogP contribution >= 0.6 is 15.9 Å². The minimum absolute atomic E-state index is 0.0673. The van der Waals surface area contributed by atoms with Crippen molar-refractivity contribution >= 4 is 31.6 Å². The van der Waals surface area contributed by atoms with Gasteiger partial charge in [-0.1, -0.05) is 21.1 Å². The van der Waals surface area contributed by atoms with Crippen LogP contribution < -0.4 is 4.72 Å². The Morgan fingerprint density at radius 2 is 1.74 bits per heavy atom. The van der Waals surface area contributed by atoms with Crippen LogP contribution in [0, 0.1) is 5.82 Å². The van der Waals surface area contributed by atoms with E-state index in [1.54, 1.807) is 0 Å². The van der Waals surface area contributed by atoms with Gasteiger partial charge in [-0.2, -0.15) is 18.2 Å². The maximum atomic E-state index is 13.8. The lowest BCUT2D eigenvalue weighted by atomic mass is 10.2. The highest BCUT2D eigenvalue weighted by Crippen LogP contribution is 2.30. The van der Waals surface area contributed by atoms with Gasteiger partial charge in [-0.3, -0.25) is 4.72 Å². The molecular weight excluding hydrogens is 458 g/mol. The van der Waals surface area contributed by atoms with Crippen LogP contribution in [0.3, 0.4) is 0 Å². The van der Waals surface area contributed by atoms with Crippen LogP contribution in [0.2, 0.25) is 0 Å². The number of aromatic nitrogens is 2. The van der Waals surface area contributed by atoms with Crippen LogP contribution in [-0.4, -0.2) is 18.6 Å². The summed E-state index contributed by atoms with van der Waals surface area (Å²) in [7, 11) is -4.21. The van der Waals surface area contributed by atoms with Crippen LogP contribution in [-0.2, 0) is 16.2 Å². The number of alkyl halides is 3. The Bertz CT molecular complexity index is 1080. The molecule has 0 fully saturated rings. The Hall–Kier alpha value is -2.47. The molecule has 0 amide bonds. The lowest BCUT2D eigenvalue weighted by molar-refractivity contribution is -0.159. The first kappa shape index (κ1) is 19.3. The van der Waals surface area contributed by atoms with Crippen LogP contribution in [0.15, 0.2) is 56.4 Å². The summed E-state index contributed by atoms with van der Waals surface area (Å²) in [6.45, 7) is 0. The largest absolute Gasteiger partial charge is 0.471 e. The fraction of sp³-hybridized carbons (Fsp3) is 0.0667. The molecule has 0 aliphatic carbocycles. The topological polar surface area (TPSA) is 85.1 Å². The van der Waals surface area contributed by atoms with E-state index in [0.717, 1.165) is 12.1 Å². The Balaban J connectivity index is 1.83. The second-order valence-electron chi connectivity index (χ2n) is 5.18. The zero-order chi connectivity index (χ0) is 19.8. The molecule has 0 atom stereocenters. The number of nitrogens with zero attached hydrogens (tertiary/aromatic N) is 2. The third kappa shape index (κ3) is 4.27. The van der Waals surface area contributed by atoms with Crippen molar-refractivity contribution in [1.82, 2.24) is 10.1 Å². The molecule has 3 aromatic rings. The fourth-order valence-electron chi connectivity index (χ4n) is 2.04. The molecule has 0 unspecified atom stereocenters. The van der Waals surface area contributed by atoms with Crippen molar-refractivity contribution in [3.63, 3.8) is 0 Å². The molecule has 142 valence electrons. The molecule has 1 heterocycles. The molecule has 12 heteroatoms. The van der Waals surface area contributed by atoms with Gasteiger partial charge in [-0.25, -0.2) is 12.8 Å². The first-order valence-corrected chi connectivity index (χ1v) is 9.33. The van der Waals surface area contributed by atoms with E-state index in [-0.39, 0.29) is 17.1 Å². The van der Waals surface area contributed by atoms with Gasteiger partial charge in [0.15, 0.2) is 0 Å². The number of rotatable bonds is 4. The van der Waals surface area contributed by atoms with Crippen molar-refractivity contribution in [1.29, 1.82) is 0 Å². The van der Waals surface area contributed by atoms with Crippen LogP contribution in [0.1, 0.15) is 5.89 Å². The molecule has 0 saturated carbocycles. The monoisotopic (exact) mass is 465 g/mol. The normalized spacial score (nSPS) is 12.2. The first-order chi connectivity index (χ1) is 12.6. The molecule has 0 saturated heterocycles. The molecule has 0 aliphatic rings. The number of hydrogen-bond donors (Lipinski definition) is 1. The summed E-state index contributed by atoms with van der Waals surface area (Å²) in [5, 5.41) is 3.23. The Morgan fingerprint density at radius 3 is 2.33 bits per heavy atom. The summed E-state index contributed by atoms with van der Waals surface area (Å²) in [6, 6.07) is 8.57. The quantitative estimate of drug-likeness (QED) is 0.575. The van der Waals surface area contributed by atoms with Crippen LogP contribution in [0.4, 0.5) is 23.2 Å². The molecule has 0 spiro atoms. The van der Waals surface area contributed by atoms with E-state index in [1.165, 1.54) is 30.3 Å². The minimum atomic E-state index is -4.77. The van der Waals surface area contributed by atoms with Gasteiger partial charge in [0, 0.05) is 15.7 Å². The molecule has 27 heavy (non-hydrogen) atoms. The predicted octanol–water partition coefficient (Wildman–Crippen LogP) is 4.46. The summed E-state index contributed by atoms with van der Waals surface area (Å²) in [5.41, 5.74) is 0.239. The van der Waals surface area contributed by atoms with E-state index in [0.29, 0.717) is 4.47 Å². The van der Waals surface area contributed by atoms with Crippen LogP contribution in [0.25, 0.3) is 11.4 Å². The number of sulfonamides is 1. The predicted molar refractivity (Wildman–Crippen MR) is 89.6 cm³/mol. The highest BCUT2D eigenvalue weighted by molar-refractivity contribution is 9.10. The molecular formula is C15H8BrF4N3O3S. The SMILES string of the molecule is O=S(=O)(Nc1ccc(-c2noc(C(F)(F)F)n2)cc1)c1cc(Br)ccc1F. The standard InChI is InChI=1S/C15H8BrF4N3O3S/c16-9-3-6-11(17)12(7-9)27(24,25)23-10-4-1-8(2-5-10)13-21-14(26-22-13)15(18,19)20/h1-7,23H. The maximum absolute atomic E-state index is 13.8. The molecule has 6 nitrogen and oxygen atoms in total. The van der Waals surface area contributed by atoms with Crippen molar-refractivity contribution < 1.29 is 30.5 Å². The maximum Gasteiger partial charge on any atom is 0.471 e. The van der Waals surface area contributed by atoms with Gasteiger partial charge in [-0.15, -0.1) is 0 Å². The summed E-state index contributed by atoms with van der Waals surface area (Å²) in [5.74, 6) is -2.74. The molecule has 0 aliphatic heterocycles. The number of nitrogens with one attached hydrogen (secondary N) is 1. The van der Waals surface area contributed by atoms with Gasteiger partial charge < -0.3 is 4.52 Å². The first-order valence-electron chi connectivity index (χ1n) is 7.05.